The van der Waals surface area contributed by atoms with Crippen LogP contribution in [-0.4, -0.2) is 66.7 Å². The molecule has 1 saturated carbocycles. The van der Waals surface area contributed by atoms with Gasteiger partial charge in [0, 0.05) is 22.8 Å². The van der Waals surface area contributed by atoms with Crippen molar-refractivity contribution >= 4 is 57.4 Å². The lowest BCUT2D eigenvalue weighted by Gasteiger charge is -2.49. The minimum atomic E-state index is -1.18. The van der Waals surface area contributed by atoms with Crippen LogP contribution in [0.2, 0.25) is 0 Å². The number of hydrogen-bond donors (Lipinski definition) is 3. The average molecular weight is 555 g/mol. The highest BCUT2D eigenvalue weighted by molar-refractivity contribution is 8.00. The van der Waals surface area contributed by atoms with Crippen LogP contribution in [0.25, 0.3) is 5.65 Å². The van der Waals surface area contributed by atoms with E-state index in [1.807, 2.05) is 45.8 Å². The Labute approximate surface area is 224 Å². The number of thiazole rings is 1. The number of carboxylic acids is 1. The lowest BCUT2D eigenvalue weighted by atomic mass is 10.0. The zero-order valence-corrected chi connectivity index (χ0v) is 21.7. The second kappa shape index (κ2) is 9.76. The second-order valence-electron chi connectivity index (χ2n) is 9.26. The number of imidazole rings is 1. The molecule has 2 atom stereocenters. The number of hydrogen-bond acceptors (Lipinski definition) is 9. The summed E-state index contributed by atoms with van der Waals surface area (Å²) in [7, 11) is 0. The third kappa shape index (κ3) is 4.49. The number of rotatable bonds is 9. The van der Waals surface area contributed by atoms with Gasteiger partial charge in [-0.05, 0) is 24.8 Å². The summed E-state index contributed by atoms with van der Waals surface area (Å²) in [5.74, 6) is -1.47. The molecule has 1 aliphatic carbocycles. The monoisotopic (exact) mass is 554 g/mol. The molecule has 14 heteroatoms. The number of aliphatic carboxylic acids is 1. The Hall–Kier alpha value is -3.91. The van der Waals surface area contributed by atoms with Crippen molar-refractivity contribution in [3.63, 3.8) is 0 Å². The van der Waals surface area contributed by atoms with Gasteiger partial charge in [0.1, 0.15) is 48.4 Å². The van der Waals surface area contributed by atoms with Crippen molar-refractivity contribution in [1.29, 1.82) is 0 Å². The summed E-state index contributed by atoms with van der Waals surface area (Å²) >= 11 is 2.57. The van der Waals surface area contributed by atoms with Gasteiger partial charge in [-0.25, -0.2) is 18.7 Å². The predicted octanol–water partition coefficient (Wildman–Crippen LogP) is 0.835. The number of pyridine rings is 1. The Morgan fingerprint density at radius 3 is 2.89 bits per heavy atom. The molecule has 4 N–H and O–H groups in total. The van der Waals surface area contributed by atoms with Crippen LogP contribution in [-0.2, 0) is 25.8 Å². The Morgan fingerprint density at radius 1 is 1.32 bits per heavy atom. The Morgan fingerprint density at radius 2 is 2.16 bits per heavy atom. The third-order valence-electron chi connectivity index (χ3n) is 6.61. The van der Waals surface area contributed by atoms with Gasteiger partial charge in [-0.3, -0.25) is 14.5 Å². The molecule has 0 unspecified atom stereocenters. The van der Waals surface area contributed by atoms with Gasteiger partial charge in [0.25, 0.3) is 17.5 Å². The molecule has 2 aliphatic heterocycles. The molecule has 0 radical (unpaired) electrons. The van der Waals surface area contributed by atoms with Gasteiger partial charge in [-0.1, -0.05) is 11.2 Å². The van der Waals surface area contributed by atoms with Gasteiger partial charge >= 0.3 is 5.97 Å². The zero-order chi connectivity index (χ0) is 26.4. The first-order valence-electron chi connectivity index (χ1n) is 12.0. The van der Waals surface area contributed by atoms with Crippen molar-refractivity contribution in [1.82, 2.24) is 19.6 Å². The molecule has 3 aromatic rings. The minimum Gasteiger partial charge on any atom is -0.477 e. The molecule has 3 aromatic heterocycles. The number of anilines is 1. The standard InChI is InChI=1S/C24H23N7O5S2/c25-24-26-15(12-38-24)17(28-36-10-13-4-5-13)20(32)27-18-21(33)31-19(23(34)35)14(11-37-22(18)31)9-30-8-7-29-6-2-1-3-16(29)30/h1-3,6-8,12-13,18,22H,4-5,9-11H2,(H3-,25,26,27,32,34,35)/p+1/b28-17-/t18-,22-/m1/s1. The van der Waals surface area contributed by atoms with Crippen LogP contribution >= 0.6 is 23.1 Å². The normalized spacial score (nSPS) is 21.3. The van der Waals surface area contributed by atoms with Gasteiger partial charge in [0.05, 0.1) is 6.20 Å². The molecule has 0 aromatic carbocycles. The smallest absolute Gasteiger partial charge is 0.352 e. The third-order valence-corrected chi connectivity index (χ3v) is 8.62. The number of amides is 2. The molecule has 3 aliphatic rings. The second-order valence-corrected chi connectivity index (χ2v) is 11.3. The highest BCUT2D eigenvalue weighted by atomic mass is 32.2. The van der Waals surface area contributed by atoms with E-state index in [1.165, 1.54) is 16.7 Å². The Balaban J connectivity index is 1.21. The van der Waals surface area contributed by atoms with E-state index in [-0.39, 0.29) is 22.2 Å². The highest BCUT2D eigenvalue weighted by Crippen LogP contribution is 2.40. The van der Waals surface area contributed by atoms with Crippen molar-refractivity contribution in [2.75, 3.05) is 18.1 Å². The number of oxime groups is 1. The molecule has 196 valence electrons. The number of fused-ring (bicyclic) bond motifs is 2. The minimum absolute atomic E-state index is 0.0408. The zero-order valence-electron chi connectivity index (χ0n) is 20.0. The van der Waals surface area contributed by atoms with Crippen LogP contribution in [0.1, 0.15) is 18.5 Å². The van der Waals surface area contributed by atoms with E-state index in [1.54, 1.807) is 5.38 Å². The molecule has 6 rings (SSSR count). The van der Waals surface area contributed by atoms with Crippen molar-refractivity contribution in [3.05, 3.63) is 59.1 Å². The molecule has 2 amide bonds. The van der Waals surface area contributed by atoms with E-state index in [4.69, 9.17) is 10.6 Å². The van der Waals surface area contributed by atoms with Crippen LogP contribution in [0.4, 0.5) is 5.13 Å². The maximum Gasteiger partial charge on any atom is 0.352 e. The number of β-lactam (4-membered cyclic amide) rings is 1. The van der Waals surface area contributed by atoms with Crippen molar-refractivity contribution in [2.45, 2.75) is 30.8 Å². The fourth-order valence-corrected chi connectivity index (χ4v) is 6.37. The molecule has 5 heterocycles. The van der Waals surface area contributed by atoms with E-state index in [0.717, 1.165) is 29.8 Å². The largest absolute Gasteiger partial charge is 0.477 e. The molecular formula is C24H24N7O5S2+. The van der Waals surface area contributed by atoms with Gasteiger partial charge in [-0.2, -0.15) is 0 Å². The maximum atomic E-state index is 13.2. The molecular weight excluding hydrogens is 530 g/mol. The Kier molecular flexibility index (Phi) is 6.27. The van der Waals surface area contributed by atoms with Crippen molar-refractivity contribution in [2.24, 2.45) is 11.1 Å². The first kappa shape index (κ1) is 24.4. The van der Waals surface area contributed by atoms with Gasteiger partial charge < -0.3 is 21.0 Å². The van der Waals surface area contributed by atoms with E-state index < -0.39 is 29.2 Å². The summed E-state index contributed by atoms with van der Waals surface area (Å²) < 4.78 is 3.87. The van der Waals surface area contributed by atoms with Gasteiger partial charge in [0.2, 0.25) is 0 Å². The molecule has 1 saturated heterocycles. The molecule has 2 fully saturated rings. The van der Waals surface area contributed by atoms with Crippen LogP contribution < -0.4 is 15.6 Å². The van der Waals surface area contributed by atoms with Gasteiger partial charge in [-0.15, -0.1) is 23.1 Å². The number of nitrogen functional groups attached to an aromatic ring is 1. The van der Waals surface area contributed by atoms with Crippen LogP contribution in [0.3, 0.4) is 0 Å². The van der Waals surface area contributed by atoms with Crippen LogP contribution in [0, 0.1) is 5.92 Å². The molecule has 0 bridgehead atoms. The number of nitrogens with two attached hydrogens (primary N) is 1. The number of nitrogens with one attached hydrogen (secondary N) is 1. The van der Waals surface area contributed by atoms with E-state index >= 15 is 0 Å². The summed E-state index contributed by atoms with van der Waals surface area (Å²) in [6.45, 7) is 0.721. The van der Waals surface area contributed by atoms with Crippen LogP contribution in [0.15, 0.2) is 58.6 Å². The predicted molar refractivity (Wildman–Crippen MR) is 139 cm³/mol. The van der Waals surface area contributed by atoms with E-state index in [9.17, 15) is 19.5 Å². The molecule has 12 nitrogen and oxygen atoms in total. The highest BCUT2D eigenvalue weighted by Gasteiger charge is 2.54. The lowest BCUT2D eigenvalue weighted by molar-refractivity contribution is -0.662. The maximum absolute atomic E-state index is 13.2. The first-order chi connectivity index (χ1) is 18.4. The van der Waals surface area contributed by atoms with Crippen molar-refractivity contribution < 1.29 is 28.9 Å². The number of aromatic nitrogens is 3. The number of thioether (sulfide) groups is 1. The lowest BCUT2D eigenvalue weighted by Crippen LogP contribution is -2.71. The SMILES string of the molecule is Nc1nc(/C(=N/OCC2CC2)C(=O)N[C@@H]2C(=O)N3C(C(=O)O)=C(C[n+]4ccn5ccccc54)CS[C@H]23)cs1. The fourth-order valence-electron chi connectivity index (χ4n) is 4.49. The topological polar surface area (TPSA) is 155 Å². The first-order valence-corrected chi connectivity index (χ1v) is 13.9. The van der Waals surface area contributed by atoms with Gasteiger partial charge in [0.15, 0.2) is 10.8 Å². The summed E-state index contributed by atoms with van der Waals surface area (Å²) in [6.07, 6.45) is 7.79. The number of carboxylic acid groups (broad SMARTS) is 1. The summed E-state index contributed by atoms with van der Waals surface area (Å²) in [5, 5.41) is 18.1. The quantitative estimate of drug-likeness (QED) is 0.152. The van der Waals surface area contributed by atoms with E-state index in [2.05, 4.69) is 15.5 Å². The van der Waals surface area contributed by atoms with Crippen LogP contribution in [0.5, 0.6) is 0 Å². The number of carbonyl (C=O) groups excluding carboxylic acids is 2. The Bertz CT molecular complexity index is 1510. The van der Waals surface area contributed by atoms with E-state index in [0.29, 0.717) is 30.4 Å². The average Bonchev–Trinajstić information content (AvgIpc) is 3.50. The fraction of sp³-hybridized carbons (Fsp3) is 0.333. The molecule has 0 spiro atoms. The molecule has 38 heavy (non-hydrogen) atoms. The number of carbonyl (C=O) groups is 3. The summed E-state index contributed by atoms with van der Waals surface area (Å²) in [5.41, 5.74) is 7.40. The summed E-state index contributed by atoms with van der Waals surface area (Å²) in [4.78, 5) is 49.4. The number of nitrogens with zero attached hydrogens (tertiary/aromatic N) is 5. The summed E-state index contributed by atoms with van der Waals surface area (Å²) in [6, 6.07) is 4.84. The van der Waals surface area contributed by atoms with Crippen molar-refractivity contribution in [3.8, 4) is 0 Å².